The number of hydrogen-bond donors (Lipinski definition) is 1. The zero-order chi connectivity index (χ0) is 21.5. The number of nitrogens with zero attached hydrogens (tertiary/aromatic N) is 1. The molecule has 1 aliphatic rings. The molecule has 1 saturated carbocycles. The topological polar surface area (TPSA) is 58.6 Å². The first-order chi connectivity index (χ1) is 14.4. The Morgan fingerprint density at radius 1 is 1.17 bits per heavy atom. The van der Waals surface area contributed by atoms with Gasteiger partial charge in [-0.3, -0.25) is 9.59 Å². The molecule has 5 nitrogen and oxygen atoms in total. The van der Waals surface area contributed by atoms with Crippen molar-refractivity contribution >= 4 is 23.4 Å². The van der Waals surface area contributed by atoms with E-state index in [0.29, 0.717) is 10.8 Å². The third kappa shape index (κ3) is 6.23. The van der Waals surface area contributed by atoms with E-state index in [2.05, 4.69) is 5.32 Å². The zero-order valence-corrected chi connectivity index (χ0v) is 18.3. The van der Waals surface area contributed by atoms with E-state index in [1.807, 2.05) is 49.4 Å². The molecule has 30 heavy (non-hydrogen) atoms. The van der Waals surface area contributed by atoms with Crippen molar-refractivity contribution in [1.82, 2.24) is 10.2 Å². The van der Waals surface area contributed by atoms with Gasteiger partial charge in [0.1, 0.15) is 11.8 Å². The van der Waals surface area contributed by atoms with Crippen LogP contribution in [0.4, 0.5) is 0 Å². The number of hydrogen-bond acceptors (Lipinski definition) is 3. The predicted octanol–water partition coefficient (Wildman–Crippen LogP) is 4.50. The first-order valence-electron chi connectivity index (χ1n) is 10.5. The van der Waals surface area contributed by atoms with E-state index in [1.165, 1.54) is 0 Å². The monoisotopic (exact) mass is 428 g/mol. The molecule has 1 fully saturated rings. The Balaban J connectivity index is 1.70. The number of halogens is 1. The maximum atomic E-state index is 13.0. The standard InChI is InChI=1S/C24H29ClN2O3/c1-17-10-12-22(13-11-17)30-16-23(28)27(15-19-6-5-7-20(25)14-19)18(2)24(29)26-21-8-3-4-9-21/h5-7,10-14,18,21H,3-4,8-9,15-16H2,1-2H3,(H,26,29). The van der Waals surface area contributed by atoms with Gasteiger partial charge in [0, 0.05) is 17.6 Å². The molecule has 2 aromatic carbocycles. The van der Waals surface area contributed by atoms with Gasteiger partial charge in [0.15, 0.2) is 6.61 Å². The summed E-state index contributed by atoms with van der Waals surface area (Å²) in [6.45, 7) is 3.91. The molecule has 6 heteroatoms. The highest BCUT2D eigenvalue weighted by Crippen LogP contribution is 2.19. The summed E-state index contributed by atoms with van der Waals surface area (Å²) in [6, 6.07) is 14.5. The van der Waals surface area contributed by atoms with Crippen molar-refractivity contribution in [1.29, 1.82) is 0 Å². The second-order valence-electron chi connectivity index (χ2n) is 7.92. The summed E-state index contributed by atoms with van der Waals surface area (Å²) in [4.78, 5) is 27.4. The molecule has 0 heterocycles. The summed E-state index contributed by atoms with van der Waals surface area (Å²) in [6.07, 6.45) is 4.26. The van der Waals surface area contributed by atoms with Crippen molar-refractivity contribution < 1.29 is 14.3 Å². The molecular formula is C24H29ClN2O3. The van der Waals surface area contributed by atoms with Crippen molar-refractivity contribution in [3.63, 3.8) is 0 Å². The van der Waals surface area contributed by atoms with Gasteiger partial charge < -0.3 is 15.0 Å². The minimum Gasteiger partial charge on any atom is -0.484 e. The molecule has 0 saturated heterocycles. The van der Waals surface area contributed by atoms with E-state index in [0.717, 1.165) is 36.8 Å². The average molecular weight is 429 g/mol. The summed E-state index contributed by atoms with van der Waals surface area (Å²) < 4.78 is 5.68. The smallest absolute Gasteiger partial charge is 0.261 e. The van der Waals surface area contributed by atoms with Crippen LogP contribution >= 0.6 is 11.6 Å². The number of carbonyl (C=O) groups is 2. The lowest BCUT2D eigenvalue weighted by molar-refractivity contribution is -0.142. The van der Waals surface area contributed by atoms with Crippen molar-refractivity contribution in [2.45, 2.75) is 58.2 Å². The fourth-order valence-corrected chi connectivity index (χ4v) is 3.88. The van der Waals surface area contributed by atoms with Gasteiger partial charge in [-0.05, 0) is 56.5 Å². The molecule has 2 aromatic rings. The number of ether oxygens (including phenoxy) is 1. The van der Waals surface area contributed by atoms with E-state index in [1.54, 1.807) is 17.9 Å². The Morgan fingerprint density at radius 3 is 2.53 bits per heavy atom. The summed E-state index contributed by atoms with van der Waals surface area (Å²) >= 11 is 6.11. The van der Waals surface area contributed by atoms with Crippen LogP contribution in [0.25, 0.3) is 0 Å². The van der Waals surface area contributed by atoms with Gasteiger partial charge >= 0.3 is 0 Å². The third-order valence-electron chi connectivity index (χ3n) is 5.49. The number of nitrogens with one attached hydrogen (secondary N) is 1. The Bertz CT molecular complexity index is 863. The molecule has 1 atom stereocenters. The van der Waals surface area contributed by atoms with Crippen LogP contribution in [0.5, 0.6) is 5.75 Å². The van der Waals surface area contributed by atoms with Crippen molar-refractivity contribution in [3.8, 4) is 5.75 Å². The van der Waals surface area contributed by atoms with Gasteiger partial charge in [-0.15, -0.1) is 0 Å². The predicted molar refractivity (Wildman–Crippen MR) is 119 cm³/mol. The van der Waals surface area contributed by atoms with E-state index in [-0.39, 0.29) is 31.0 Å². The lowest BCUT2D eigenvalue weighted by Crippen LogP contribution is -2.50. The highest BCUT2D eigenvalue weighted by Gasteiger charge is 2.28. The van der Waals surface area contributed by atoms with E-state index < -0.39 is 6.04 Å². The van der Waals surface area contributed by atoms with Crippen LogP contribution in [0.2, 0.25) is 5.02 Å². The summed E-state index contributed by atoms with van der Waals surface area (Å²) in [5, 5.41) is 3.69. The van der Waals surface area contributed by atoms with E-state index >= 15 is 0 Å². The summed E-state index contributed by atoms with van der Waals surface area (Å²) in [5.41, 5.74) is 1.99. The quantitative estimate of drug-likeness (QED) is 0.673. The van der Waals surface area contributed by atoms with E-state index in [4.69, 9.17) is 16.3 Å². The SMILES string of the molecule is Cc1ccc(OCC(=O)N(Cc2cccc(Cl)c2)C(C)C(=O)NC2CCCC2)cc1. The fourth-order valence-electron chi connectivity index (χ4n) is 3.67. The Labute approximate surface area is 183 Å². The second-order valence-corrected chi connectivity index (χ2v) is 8.36. The van der Waals surface area contributed by atoms with Crippen molar-refractivity contribution in [3.05, 3.63) is 64.7 Å². The lowest BCUT2D eigenvalue weighted by atomic mass is 10.1. The minimum atomic E-state index is -0.612. The fraction of sp³-hybridized carbons (Fsp3) is 0.417. The Morgan fingerprint density at radius 2 is 1.87 bits per heavy atom. The second kappa shape index (κ2) is 10.5. The third-order valence-corrected chi connectivity index (χ3v) is 5.73. The minimum absolute atomic E-state index is 0.132. The first-order valence-corrected chi connectivity index (χ1v) is 10.8. The van der Waals surface area contributed by atoms with Gasteiger partial charge in [0.2, 0.25) is 5.91 Å². The molecular weight excluding hydrogens is 400 g/mol. The molecule has 0 bridgehead atoms. The zero-order valence-electron chi connectivity index (χ0n) is 17.6. The highest BCUT2D eigenvalue weighted by molar-refractivity contribution is 6.30. The maximum absolute atomic E-state index is 13.0. The number of aryl methyl sites for hydroxylation is 1. The molecule has 0 aliphatic heterocycles. The molecule has 0 aromatic heterocycles. The van der Waals surface area contributed by atoms with Crippen molar-refractivity contribution in [2.24, 2.45) is 0 Å². The van der Waals surface area contributed by atoms with Crippen LogP contribution < -0.4 is 10.1 Å². The van der Waals surface area contributed by atoms with Gasteiger partial charge in [-0.25, -0.2) is 0 Å². The number of benzene rings is 2. The number of amides is 2. The van der Waals surface area contributed by atoms with Gasteiger partial charge in [-0.1, -0.05) is 54.3 Å². The molecule has 1 unspecified atom stereocenters. The largest absolute Gasteiger partial charge is 0.484 e. The van der Waals surface area contributed by atoms with Crippen LogP contribution in [0.15, 0.2) is 48.5 Å². The summed E-state index contributed by atoms with van der Waals surface area (Å²) in [7, 11) is 0. The van der Waals surface area contributed by atoms with Crippen LogP contribution in [0.1, 0.15) is 43.7 Å². The first kappa shape index (κ1) is 22.2. The lowest BCUT2D eigenvalue weighted by Gasteiger charge is -2.29. The normalized spacial score (nSPS) is 14.9. The number of carbonyl (C=O) groups excluding carboxylic acids is 2. The molecule has 0 radical (unpaired) electrons. The molecule has 3 rings (SSSR count). The van der Waals surface area contributed by atoms with Crippen molar-refractivity contribution in [2.75, 3.05) is 6.61 Å². The molecule has 1 N–H and O–H groups in total. The van der Waals surface area contributed by atoms with Crippen LogP contribution in [-0.4, -0.2) is 35.4 Å². The van der Waals surface area contributed by atoms with Gasteiger partial charge in [-0.2, -0.15) is 0 Å². The maximum Gasteiger partial charge on any atom is 0.261 e. The Hall–Kier alpha value is -2.53. The van der Waals surface area contributed by atoms with Gasteiger partial charge in [0.25, 0.3) is 5.91 Å². The molecule has 1 aliphatic carbocycles. The average Bonchev–Trinajstić information content (AvgIpc) is 3.24. The molecule has 160 valence electrons. The van der Waals surface area contributed by atoms with Crippen LogP contribution in [0, 0.1) is 6.92 Å². The van der Waals surface area contributed by atoms with Crippen LogP contribution in [0.3, 0.4) is 0 Å². The Kier molecular flexibility index (Phi) is 7.75. The molecule has 2 amide bonds. The van der Waals surface area contributed by atoms with Gasteiger partial charge in [0.05, 0.1) is 0 Å². The summed E-state index contributed by atoms with van der Waals surface area (Å²) in [5.74, 6) is 0.247. The van der Waals surface area contributed by atoms with E-state index in [9.17, 15) is 9.59 Å². The highest BCUT2D eigenvalue weighted by atomic mass is 35.5. The van der Waals surface area contributed by atoms with Crippen LogP contribution in [-0.2, 0) is 16.1 Å². The molecule has 0 spiro atoms. The number of rotatable bonds is 8.